The predicted molar refractivity (Wildman–Crippen MR) is 88.7 cm³/mol. The summed E-state index contributed by atoms with van der Waals surface area (Å²) in [6, 6.07) is 5.68. The van der Waals surface area contributed by atoms with Gasteiger partial charge in [0, 0.05) is 13.1 Å². The molecule has 2 N–H and O–H groups in total. The maximum absolute atomic E-state index is 11.7. The number of hydrogen-bond acceptors (Lipinski definition) is 3. The van der Waals surface area contributed by atoms with E-state index in [0.717, 1.165) is 31.4 Å². The molecule has 5 nitrogen and oxygen atoms in total. The number of nitrogens with one attached hydrogen (secondary N) is 2. The van der Waals surface area contributed by atoms with Gasteiger partial charge in [0.1, 0.15) is 0 Å². The minimum Gasteiger partial charge on any atom is -0.493 e. The lowest BCUT2D eigenvalue weighted by atomic mass is 10.0. The van der Waals surface area contributed by atoms with Crippen LogP contribution in [0.1, 0.15) is 32.3 Å². The lowest BCUT2D eigenvalue weighted by Crippen LogP contribution is -2.39. The molecule has 0 bridgehead atoms. The van der Waals surface area contributed by atoms with Gasteiger partial charge in [-0.25, -0.2) is 4.79 Å². The smallest absolute Gasteiger partial charge is 0.314 e. The number of methoxy groups -OCH3 is 2. The van der Waals surface area contributed by atoms with Gasteiger partial charge in [0.05, 0.1) is 14.2 Å². The summed E-state index contributed by atoms with van der Waals surface area (Å²) in [5.74, 6) is 1.97. The second-order valence-electron chi connectivity index (χ2n) is 5.26. The Morgan fingerprint density at radius 2 is 1.77 bits per heavy atom. The number of benzene rings is 1. The molecule has 0 heterocycles. The molecule has 0 aliphatic heterocycles. The van der Waals surface area contributed by atoms with Crippen LogP contribution in [-0.2, 0) is 6.42 Å². The fourth-order valence-electron chi connectivity index (χ4n) is 2.23. The zero-order valence-electron chi connectivity index (χ0n) is 14.1. The van der Waals surface area contributed by atoms with Gasteiger partial charge in [0.15, 0.2) is 11.5 Å². The van der Waals surface area contributed by atoms with E-state index in [9.17, 15) is 4.79 Å². The van der Waals surface area contributed by atoms with E-state index in [1.54, 1.807) is 14.2 Å². The molecular weight excluding hydrogens is 280 g/mol. The van der Waals surface area contributed by atoms with E-state index >= 15 is 0 Å². The van der Waals surface area contributed by atoms with E-state index in [4.69, 9.17) is 9.47 Å². The van der Waals surface area contributed by atoms with Crippen molar-refractivity contribution >= 4 is 6.03 Å². The number of carbonyl (C=O) groups is 1. The Bertz CT molecular complexity index is 459. The van der Waals surface area contributed by atoms with Crippen LogP contribution in [0.25, 0.3) is 0 Å². The highest BCUT2D eigenvalue weighted by atomic mass is 16.5. The van der Waals surface area contributed by atoms with Gasteiger partial charge in [-0.2, -0.15) is 0 Å². The molecule has 0 aromatic heterocycles. The highest BCUT2D eigenvalue weighted by molar-refractivity contribution is 5.73. The summed E-state index contributed by atoms with van der Waals surface area (Å²) in [6.45, 7) is 5.61. The molecule has 0 aliphatic carbocycles. The van der Waals surface area contributed by atoms with Crippen LogP contribution in [-0.4, -0.2) is 33.3 Å². The van der Waals surface area contributed by atoms with Crippen LogP contribution < -0.4 is 20.1 Å². The van der Waals surface area contributed by atoms with E-state index in [0.29, 0.717) is 24.0 Å². The summed E-state index contributed by atoms with van der Waals surface area (Å²) in [4.78, 5) is 11.7. The van der Waals surface area contributed by atoms with Gasteiger partial charge >= 0.3 is 6.03 Å². The third-order valence-corrected chi connectivity index (χ3v) is 3.85. The van der Waals surface area contributed by atoms with Crippen molar-refractivity contribution < 1.29 is 14.3 Å². The lowest BCUT2D eigenvalue weighted by molar-refractivity contribution is 0.238. The molecule has 0 spiro atoms. The first kappa shape index (κ1) is 18.1. The molecule has 2 amide bonds. The van der Waals surface area contributed by atoms with Gasteiger partial charge in [-0.1, -0.05) is 32.8 Å². The molecule has 5 heteroatoms. The highest BCUT2D eigenvalue weighted by Crippen LogP contribution is 2.27. The molecular formula is C17H28N2O3. The number of urea groups is 1. The summed E-state index contributed by atoms with van der Waals surface area (Å²) in [6.07, 6.45) is 2.92. The summed E-state index contributed by atoms with van der Waals surface area (Å²) < 4.78 is 10.5. The molecule has 0 atom stereocenters. The van der Waals surface area contributed by atoms with Crippen molar-refractivity contribution in [1.82, 2.24) is 10.6 Å². The number of rotatable bonds is 9. The molecule has 0 saturated carbocycles. The first-order valence-electron chi connectivity index (χ1n) is 7.87. The Morgan fingerprint density at radius 1 is 1.09 bits per heavy atom. The van der Waals surface area contributed by atoms with Crippen LogP contribution in [0.5, 0.6) is 11.5 Å². The average molecular weight is 308 g/mol. The number of amides is 2. The van der Waals surface area contributed by atoms with Crippen molar-refractivity contribution in [3.05, 3.63) is 23.8 Å². The van der Waals surface area contributed by atoms with Gasteiger partial charge < -0.3 is 20.1 Å². The van der Waals surface area contributed by atoms with E-state index in [2.05, 4.69) is 24.5 Å². The number of carbonyl (C=O) groups excluding carboxylic acids is 1. The maximum atomic E-state index is 11.7. The second-order valence-corrected chi connectivity index (χ2v) is 5.26. The van der Waals surface area contributed by atoms with Crippen LogP contribution in [0, 0.1) is 5.92 Å². The molecule has 1 aromatic rings. The molecule has 0 unspecified atom stereocenters. The monoisotopic (exact) mass is 308 g/mol. The molecule has 1 rings (SSSR count). The highest BCUT2D eigenvalue weighted by Gasteiger charge is 2.07. The Labute approximate surface area is 133 Å². The standard InChI is InChI=1S/C17H28N2O3/c1-5-13(6-2)12-19-17(20)18-10-9-14-7-8-15(21-3)16(11-14)22-4/h7-8,11,13H,5-6,9-10,12H2,1-4H3,(H2,18,19,20). The third kappa shape index (κ3) is 5.84. The first-order chi connectivity index (χ1) is 10.6. The summed E-state index contributed by atoms with van der Waals surface area (Å²) in [5, 5.41) is 5.80. The largest absolute Gasteiger partial charge is 0.493 e. The van der Waals surface area contributed by atoms with Crippen LogP contribution >= 0.6 is 0 Å². The van der Waals surface area contributed by atoms with Crippen LogP contribution in [0.15, 0.2) is 18.2 Å². The molecule has 22 heavy (non-hydrogen) atoms. The maximum Gasteiger partial charge on any atom is 0.314 e. The van der Waals surface area contributed by atoms with Gasteiger partial charge in [-0.05, 0) is 30.0 Å². The first-order valence-corrected chi connectivity index (χ1v) is 7.87. The minimum absolute atomic E-state index is 0.104. The van der Waals surface area contributed by atoms with E-state index in [1.165, 1.54) is 0 Å². The number of ether oxygens (including phenoxy) is 2. The van der Waals surface area contributed by atoms with Crippen molar-refractivity contribution in [3.8, 4) is 11.5 Å². The molecule has 0 fully saturated rings. The zero-order valence-corrected chi connectivity index (χ0v) is 14.1. The quantitative estimate of drug-likeness (QED) is 0.737. The molecule has 0 saturated heterocycles. The minimum atomic E-state index is -0.104. The summed E-state index contributed by atoms with van der Waals surface area (Å²) >= 11 is 0. The predicted octanol–water partition coefficient (Wildman–Crippen LogP) is 2.98. The third-order valence-electron chi connectivity index (χ3n) is 3.85. The zero-order chi connectivity index (χ0) is 16.4. The normalized spacial score (nSPS) is 10.4. The van der Waals surface area contributed by atoms with Gasteiger partial charge in [0.25, 0.3) is 0 Å². The lowest BCUT2D eigenvalue weighted by Gasteiger charge is -2.14. The molecule has 1 aromatic carbocycles. The van der Waals surface area contributed by atoms with E-state index in [1.807, 2.05) is 18.2 Å². The van der Waals surface area contributed by atoms with Crippen LogP contribution in [0.4, 0.5) is 4.79 Å². The van der Waals surface area contributed by atoms with Gasteiger partial charge in [0.2, 0.25) is 0 Å². The second kappa shape index (κ2) is 9.92. The summed E-state index contributed by atoms with van der Waals surface area (Å²) in [5.41, 5.74) is 1.10. The molecule has 0 radical (unpaired) electrons. The van der Waals surface area contributed by atoms with Crippen molar-refractivity contribution in [2.24, 2.45) is 5.92 Å². The van der Waals surface area contributed by atoms with Gasteiger partial charge in [-0.3, -0.25) is 0 Å². The number of hydrogen-bond donors (Lipinski definition) is 2. The van der Waals surface area contributed by atoms with Crippen molar-refractivity contribution in [3.63, 3.8) is 0 Å². The van der Waals surface area contributed by atoms with E-state index in [-0.39, 0.29) is 6.03 Å². The van der Waals surface area contributed by atoms with Crippen molar-refractivity contribution in [2.45, 2.75) is 33.1 Å². The fourth-order valence-corrected chi connectivity index (χ4v) is 2.23. The van der Waals surface area contributed by atoms with Crippen molar-refractivity contribution in [1.29, 1.82) is 0 Å². The molecule has 124 valence electrons. The SMILES string of the molecule is CCC(CC)CNC(=O)NCCc1ccc(OC)c(OC)c1. The fraction of sp³-hybridized carbons (Fsp3) is 0.588. The Morgan fingerprint density at radius 3 is 2.36 bits per heavy atom. The van der Waals surface area contributed by atoms with Crippen LogP contribution in [0.2, 0.25) is 0 Å². The average Bonchev–Trinajstić information content (AvgIpc) is 2.55. The topological polar surface area (TPSA) is 59.6 Å². The van der Waals surface area contributed by atoms with Crippen molar-refractivity contribution in [2.75, 3.05) is 27.3 Å². The Hall–Kier alpha value is -1.91. The Balaban J connectivity index is 2.36. The molecule has 0 aliphatic rings. The van der Waals surface area contributed by atoms with Crippen LogP contribution in [0.3, 0.4) is 0 Å². The van der Waals surface area contributed by atoms with E-state index < -0.39 is 0 Å². The summed E-state index contributed by atoms with van der Waals surface area (Å²) in [7, 11) is 3.23. The Kier molecular flexibility index (Phi) is 8.18. The van der Waals surface area contributed by atoms with Gasteiger partial charge in [-0.15, -0.1) is 0 Å².